The number of rotatable bonds is 3. The van der Waals surface area contributed by atoms with Crippen LogP contribution < -0.4 is 4.74 Å². The summed E-state index contributed by atoms with van der Waals surface area (Å²) >= 11 is 5.30. The molecule has 4 nitrogen and oxygen atoms in total. The number of hydrogen-bond donors (Lipinski definition) is 1. The van der Waals surface area contributed by atoms with Crippen molar-refractivity contribution in [3.63, 3.8) is 0 Å². The molecule has 5 heteroatoms. The van der Waals surface area contributed by atoms with Crippen LogP contribution in [-0.4, -0.2) is 14.8 Å². The molecule has 0 saturated carbocycles. The number of ether oxygens (including phenoxy) is 1. The molecule has 1 aromatic heterocycles. The summed E-state index contributed by atoms with van der Waals surface area (Å²) in [5, 5.41) is 7.24. The first kappa shape index (κ1) is 12.4. The van der Waals surface area contributed by atoms with Gasteiger partial charge in [-0.2, -0.15) is 5.10 Å². The lowest BCUT2D eigenvalue weighted by atomic mass is 10.1. The van der Waals surface area contributed by atoms with Crippen LogP contribution in [0, 0.1) is 10.7 Å². The van der Waals surface area contributed by atoms with Gasteiger partial charge in [-0.3, -0.25) is 5.10 Å². The fourth-order valence-electron chi connectivity index (χ4n) is 2.44. The molecule has 0 saturated heterocycles. The van der Waals surface area contributed by atoms with Gasteiger partial charge in [0.25, 0.3) is 0 Å². The molecule has 1 aliphatic rings. The number of fused-ring (bicyclic) bond motifs is 1. The minimum atomic E-state index is -0.0379. The summed E-state index contributed by atoms with van der Waals surface area (Å²) in [5.74, 6) is 2.37. The molecule has 100 valence electrons. The quantitative estimate of drug-likeness (QED) is 0.874. The Kier molecular flexibility index (Phi) is 3.14. The van der Waals surface area contributed by atoms with E-state index in [1.807, 2.05) is 18.2 Å². The van der Waals surface area contributed by atoms with E-state index >= 15 is 0 Å². The zero-order valence-corrected chi connectivity index (χ0v) is 11.9. The van der Waals surface area contributed by atoms with Gasteiger partial charge in [-0.15, -0.1) is 0 Å². The lowest BCUT2D eigenvalue weighted by molar-refractivity contribution is 0.219. The number of para-hydroxylation sites is 1. The molecule has 3 rings (SSSR count). The average molecular weight is 275 g/mol. The van der Waals surface area contributed by atoms with E-state index in [4.69, 9.17) is 17.0 Å². The van der Waals surface area contributed by atoms with Gasteiger partial charge in [0, 0.05) is 13.0 Å². The number of benzene rings is 1. The van der Waals surface area contributed by atoms with E-state index in [1.54, 1.807) is 0 Å². The third kappa shape index (κ3) is 2.30. The molecule has 1 aromatic carbocycles. The van der Waals surface area contributed by atoms with Crippen molar-refractivity contribution in [2.24, 2.45) is 5.92 Å². The van der Waals surface area contributed by atoms with Crippen molar-refractivity contribution in [3.05, 3.63) is 40.4 Å². The SMILES string of the molecule is CC(C)Cn1c(C2Cc3ccccc3O2)n[nH]c1=S. The second-order valence-electron chi connectivity index (χ2n) is 5.31. The standard InChI is InChI=1S/C14H17N3OS/c1-9(2)8-17-13(15-16-14(17)19)12-7-10-5-3-4-6-11(10)18-12/h3-6,9,12H,7-8H2,1-2H3,(H,16,19). The normalized spacial score (nSPS) is 17.5. The predicted molar refractivity (Wildman–Crippen MR) is 75.8 cm³/mol. The van der Waals surface area contributed by atoms with Gasteiger partial charge in [0.1, 0.15) is 5.75 Å². The number of aromatic amines is 1. The van der Waals surface area contributed by atoms with Gasteiger partial charge in [-0.05, 0) is 29.8 Å². The fourth-order valence-corrected chi connectivity index (χ4v) is 2.66. The van der Waals surface area contributed by atoms with Gasteiger partial charge in [0.15, 0.2) is 16.7 Å². The van der Waals surface area contributed by atoms with Crippen molar-refractivity contribution < 1.29 is 4.74 Å². The molecule has 1 unspecified atom stereocenters. The Bertz CT molecular complexity index is 619. The molecule has 0 bridgehead atoms. The Morgan fingerprint density at radius 1 is 1.47 bits per heavy atom. The number of H-pyrrole nitrogens is 1. The van der Waals surface area contributed by atoms with Gasteiger partial charge in [-0.1, -0.05) is 32.0 Å². The number of aromatic nitrogens is 3. The fraction of sp³-hybridized carbons (Fsp3) is 0.429. The van der Waals surface area contributed by atoms with Crippen molar-refractivity contribution in [3.8, 4) is 5.75 Å². The van der Waals surface area contributed by atoms with E-state index in [0.29, 0.717) is 10.7 Å². The lowest BCUT2D eigenvalue weighted by Gasteiger charge is -2.13. The lowest BCUT2D eigenvalue weighted by Crippen LogP contribution is -2.15. The first-order valence-corrected chi connectivity index (χ1v) is 6.95. The highest BCUT2D eigenvalue weighted by Gasteiger charge is 2.28. The zero-order valence-electron chi connectivity index (χ0n) is 11.1. The van der Waals surface area contributed by atoms with E-state index < -0.39 is 0 Å². The summed E-state index contributed by atoms with van der Waals surface area (Å²) < 4.78 is 8.70. The van der Waals surface area contributed by atoms with E-state index in [-0.39, 0.29) is 6.10 Å². The molecule has 0 radical (unpaired) electrons. The van der Waals surface area contributed by atoms with Gasteiger partial charge in [0.2, 0.25) is 0 Å². The van der Waals surface area contributed by atoms with Crippen LogP contribution in [0.1, 0.15) is 31.3 Å². The van der Waals surface area contributed by atoms with Gasteiger partial charge >= 0.3 is 0 Å². The van der Waals surface area contributed by atoms with Crippen LogP contribution in [0.5, 0.6) is 5.75 Å². The van der Waals surface area contributed by atoms with Crippen molar-refractivity contribution in [1.82, 2.24) is 14.8 Å². The summed E-state index contributed by atoms with van der Waals surface area (Å²) in [5.41, 5.74) is 1.23. The molecule has 1 atom stereocenters. The van der Waals surface area contributed by atoms with E-state index in [0.717, 1.165) is 24.5 Å². The molecular weight excluding hydrogens is 258 g/mol. The molecule has 0 spiro atoms. The highest BCUT2D eigenvalue weighted by Crippen LogP contribution is 2.35. The van der Waals surface area contributed by atoms with Gasteiger partial charge < -0.3 is 9.30 Å². The van der Waals surface area contributed by atoms with Crippen LogP contribution >= 0.6 is 12.2 Å². The van der Waals surface area contributed by atoms with Crippen molar-refractivity contribution in [2.75, 3.05) is 0 Å². The minimum Gasteiger partial charge on any atom is -0.482 e. The Morgan fingerprint density at radius 2 is 2.26 bits per heavy atom. The molecular formula is C14H17N3OS. The van der Waals surface area contributed by atoms with Crippen molar-refractivity contribution in [2.45, 2.75) is 32.9 Å². The van der Waals surface area contributed by atoms with Crippen LogP contribution in [0.2, 0.25) is 0 Å². The summed E-state index contributed by atoms with van der Waals surface area (Å²) in [7, 11) is 0. The Balaban J connectivity index is 1.91. The smallest absolute Gasteiger partial charge is 0.195 e. The number of hydrogen-bond acceptors (Lipinski definition) is 3. The van der Waals surface area contributed by atoms with Crippen LogP contribution in [0.4, 0.5) is 0 Å². The van der Waals surface area contributed by atoms with Crippen LogP contribution in [0.15, 0.2) is 24.3 Å². The second kappa shape index (κ2) is 4.81. The average Bonchev–Trinajstić information content (AvgIpc) is 2.93. The maximum Gasteiger partial charge on any atom is 0.195 e. The summed E-state index contributed by atoms with van der Waals surface area (Å²) in [6, 6.07) is 8.13. The number of nitrogens with one attached hydrogen (secondary N) is 1. The van der Waals surface area contributed by atoms with Crippen molar-refractivity contribution >= 4 is 12.2 Å². The Labute approximate surface area is 117 Å². The molecule has 0 aliphatic carbocycles. The van der Waals surface area contributed by atoms with Crippen molar-refractivity contribution in [1.29, 1.82) is 0 Å². The molecule has 0 fully saturated rings. The largest absolute Gasteiger partial charge is 0.482 e. The Hall–Kier alpha value is -1.62. The monoisotopic (exact) mass is 275 g/mol. The summed E-state index contributed by atoms with van der Waals surface area (Å²) in [6.07, 6.45) is 0.817. The summed E-state index contributed by atoms with van der Waals surface area (Å²) in [4.78, 5) is 0. The molecule has 1 aliphatic heterocycles. The van der Waals surface area contributed by atoms with Gasteiger partial charge in [0.05, 0.1) is 0 Å². The molecule has 1 N–H and O–H groups in total. The minimum absolute atomic E-state index is 0.0379. The first-order chi connectivity index (χ1) is 9.15. The van der Waals surface area contributed by atoms with Crippen LogP contribution in [0.25, 0.3) is 0 Å². The third-order valence-corrected chi connectivity index (χ3v) is 3.58. The van der Waals surface area contributed by atoms with E-state index in [1.165, 1.54) is 5.56 Å². The maximum absolute atomic E-state index is 5.98. The van der Waals surface area contributed by atoms with E-state index in [2.05, 4.69) is 34.7 Å². The highest BCUT2D eigenvalue weighted by molar-refractivity contribution is 7.71. The predicted octanol–water partition coefficient (Wildman–Crippen LogP) is 3.27. The zero-order chi connectivity index (χ0) is 13.4. The molecule has 0 amide bonds. The second-order valence-corrected chi connectivity index (χ2v) is 5.70. The van der Waals surface area contributed by atoms with Gasteiger partial charge in [-0.25, -0.2) is 0 Å². The number of nitrogens with zero attached hydrogens (tertiary/aromatic N) is 2. The molecule has 19 heavy (non-hydrogen) atoms. The highest BCUT2D eigenvalue weighted by atomic mass is 32.1. The third-order valence-electron chi connectivity index (χ3n) is 3.27. The van der Waals surface area contributed by atoms with Crippen LogP contribution in [0.3, 0.4) is 0 Å². The Morgan fingerprint density at radius 3 is 3.00 bits per heavy atom. The van der Waals surface area contributed by atoms with E-state index in [9.17, 15) is 0 Å². The first-order valence-electron chi connectivity index (χ1n) is 6.55. The van der Waals surface area contributed by atoms with Crippen LogP contribution in [-0.2, 0) is 13.0 Å². The maximum atomic E-state index is 5.98. The molecule has 2 heterocycles. The topological polar surface area (TPSA) is 42.8 Å². The summed E-state index contributed by atoms with van der Waals surface area (Å²) in [6.45, 7) is 5.20. The molecule has 2 aromatic rings.